The van der Waals surface area contributed by atoms with Gasteiger partial charge in [-0.05, 0) is 19.8 Å². The molecule has 56 valence electrons. The number of rotatable bonds is 2. The third kappa shape index (κ3) is 0.772. The van der Waals surface area contributed by atoms with Gasteiger partial charge in [0, 0.05) is 11.1 Å². The molecule has 0 bridgehead atoms. The van der Waals surface area contributed by atoms with E-state index in [2.05, 4.69) is 13.2 Å². The van der Waals surface area contributed by atoms with E-state index in [-0.39, 0.29) is 5.41 Å². The lowest BCUT2D eigenvalue weighted by Gasteiger charge is -2.42. The van der Waals surface area contributed by atoms with Gasteiger partial charge in [0.25, 0.3) is 0 Å². The summed E-state index contributed by atoms with van der Waals surface area (Å²) in [6, 6.07) is 0. The zero-order valence-electron chi connectivity index (χ0n) is 6.61. The summed E-state index contributed by atoms with van der Waals surface area (Å²) >= 11 is 0. The van der Waals surface area contributed by atoms with Crippen LogP contribution >= 0.6 is 0 Å². The Balaban J connectivity index is 2.78. The van der Waals surface area contributed by atoms with Crippen LogP contribution in [0.5, 0.6) is 0 Å². The normalized spacial score (nSPS) is 21.3. The topological polar surface area (TPSA) is 26.0 Å². The van der Waals surface area contributed by atoms with Crippen molar-refractivity contribution in [3.05, 3.63) is 24.4 Å². The zero-order chi connectivity index (χ0) is 7.78. The first-order valence-electron chi connectivity index (χ1n) is 3.70. The van der Waals surface area contributed by atoms with E-state index in [0.717, 1.165) is 18.5 Å². The summed E-state index contributed by atoms with van der Waals surface area (Å²) in [4.78, 5) is 0. The van der Waals surface area contributed by atoms with Crippen molar-refractivity contribution in [1.29, 1.82) is 0 Å². The highest BCUT2D eigenvalue weighted by atomic mass is 14.7. The monoisotopic (exact) mass is 137 g/mol. The summed E-state index contributed by atoms with van der Waals surface area (Å²) in [6.07, 6.45) is 3.57. The quantitative estimate of drug-likeness (QED) is 0.580. The van der Waals surface area contributed by atoms with E-state index >= 15 is 0 Å². The fourth-order valence-electron chi connectivity index (χ4n) is 1.55. The van der Waals surface area contributed by atoms with Gasteiger partial charge in [-0.1, -0.05) is 25.2 Å². The summed E-state index contributed by atoms with van der Waals surface area (Å²) in [5, 5.41) is 0. The molecule has 0 aliphatic heterocycles. The third-order valence-corrected chi connectivity index (χ3v) is 2.64. The van der Waals surface area contributed by atoms with Crippen LogP contribution in [0.1, 0.15) is 26.2 Å². The van der Waals surface area contributed by atoms with Crippen molar-refractivity contribution >= 4 is 0 Å². The van der Waals surface area contributed by atoms with Crippen LogP contribution in [-0.2, 0) is 0 Å². The lowest BCUT2D eigenvalue weighted by Crippen LogP contribution is -2.35. The maximum absolute atomic E-state index is 5.68. The first kappa shape index (κ1) is 7.39. The molecule has 0 spiro atoms. The van der Waals surface area contributed by atoms with Crippen LogP contribution in [0.15, 0.2) is 24.4 Å². The highest BCUT2D eigenvalue weighted by Crippen LogP contribution is 2.49. The molecule has 2 N–H and O–H groups in total. The van der Waals surface area contributed by atoms with Crippen molar-refractivity contribution in [2.75, 3.05) is 0 Å². The lowest BCUT2D eigenvalue weighted by atomic mass is 9.63. The highest BCUT2D eigenvalue weighted by Gasteiger charge is 2.38. The van der Waals surface area contributed by atoms with E-state index in [1.165, 1.54) is 12.0 Å². The second kappa shape index (κ2) is 2.15. The summed E-state index contributed by atoms with van der Waals surface area (Å²) < 4.78 is 0. The Kier molecular flexibility index (Phi) is 1.59. The van der Waals surface area contributed by atoms with Gasteiger partial charge in [-0.15, -0.1) is 0 Å². The van der Waals surface area contributed by atoms with Crippen LogP contribution in [-0.4, -0.2) is 0 Å². The average molecular weight is 137 g/mol. The summed E-state index contributed by atoms with van der Waals surface area (Å²) in [6.45, 7) is 9.76. The largest absolute Gasteiger partial charge is 0.402 e. The van der Waals surface area contributed by atoms with Crippen molar-refractivity contribution in [1.82, 2.24) is 0 Å². The second-order valence-corrected chi connectivity index (χ2v) is 3.24. The smallest absolute Gasteiger partial charge is 0.0295 e. The van der Waals surface area contributed by atoms with Gasteiger partial charge in [0.05, 0.1) is 0 Å². The summed E-state index contributed by atoms with van der Waals surface area (Å²) in [5.74, 6) is 0. The molecule has 0 atom stereocenters. The van der Waals surface area contributed by atoms with Gasteiger partial charge < -0.3 is 5.73 Å². The Morgan fingerprint density at radius 1 is 1.40 bits per heavy atom. The van der Waals surface area contributed by atoms with E-state index in [9.17, 15) is 0 Å². The summed E-state index contributed by atoms with van der Waals surface area (Å²) in [5.41, 5.74) is 7.76. The lowest BCUT2D eigenvalue weighted by molar-refractivity contribution is 0.237. The molecule has 0 saturated heterocycles. The van der Waals surface area contributed by atoms with Crippen molar-refractivity contribution in [2.45, 2.75) is 26.2 Å². The molecule has 1 saturated carbocycles. The van der Waals surface area contributed by atoms with E-state index in [1.807, 2.05) is 6.92 Å². The molecule has 1 nitrogen and oxygen atoms in total. The zero-order valence-corrected chi connectivity index (χ0v) is 6.61. The molecule has 10 heavy (non-hydrogen) atoms. The van der Waals surface area contributed by atoms with Gasteiger partial charge in [-0.2, -0.15) is 0 Å². The molecule has 1 fully saturated rings. The van der Waals surface area contributed by atoms with E-state index in [0.29, 0.717) is 0 Å². The Morgan fingerprint density at radius 3 is 1.90 bits per heavy atom. The van der Waals surface area contributed by atoms with Crippen LogP contribution in [0.3, 0.4) is 0 Å². The molecule has 1 aliphatic carbocycles. The Labute approximate surface area is 62.6 Å². The molecular formula is C9H15N. The molecule has 0 unspecified atom stereocenters. The maximum Gasteiger partial charge on any atom is 0.0295 e. The molecule has 0 aromatic rings. The van der Waals surface area contributed by atoms with E-state index < -0.39 is 0 Å². The molecule has 0 aromatic heterocycles. The molecule has 1 rings (SSSR count). The maximum atomic E-state index is 5.68. The SMILES string of the molecule is C=C(C)C1(C(=C)N)CCC1. The highest BCUT2D eigenvalue weighted by molar-refractivity contribution is 5.25. The Bertz CT molecular complexity index is 159. The summed E-state index contributed by atoms with van der Waals surface area (Å²) in [7, 11) is 0. The standard InChI is InChI=1S/C9H15N/c1-7(2)9(8(3)10)5-4-6-9/h1,3-6,10H2,2H3. The Hall–Kier alpha value is -0.720. The first-order valence-corrected chi connectivity index (χ1v) is 3.70. The first-order chi connectivity index (χ1) is 4.59. The van der Waals surface area contributed by atoms with Crippen molar-refractivity contribution in [3.8, 4) is 0 Å². The predicted molar refractivity (Wildman–Crippen MR) is 44.4 cm³/mol. The van der Waals surface area contributed by atoms with E-state index in [4.69, 9.17) is 5.73 Å². The van der Waals surface area contributed by atoms with Crippen LogP contribution in [0.4, 0.5) is 0 Å². The number of hydrogen-bond acceptors (Lipinski definition) is 1. The van der Waals surface area contributed by atoms with Crippen LogP contribution in [0.25, 0.3) is 0 Å². The van der Waals surface area contributed by atoms with Crippen LogP contribution < -0.4 is 5.73 Å². The molecule has 0 amide bonds. The molecule has 0 heterocycles. The van der Waals surface area contributed by atoms with Gasteiger partial charge in [0.1, 0.15) is 0 Å². The molecular weight excluding hydrogens is 122 g/mol. The minimum absolute atomic E-state index is 0.111. The van der Waals surface area contributed by atoms with Gasteiger partial charge >= 0.3 is 0 Å². The van der Waals surface area contributed by atoms with Crippen molar-refractivity contribution in [3.63, 3.8) is 0 Å². The van der Waals surface area contributed by atoms with Gasteiger partial charge in [0.2, 0.25) is 0 Å². The number of hydrogen-bond donors (Lipinski definition) is 1. The van der Waals surface area contributed by atoms with E-state index in [1.54, 1.807) is 0 Å². The van der Waals surface area contributed by atoms with Crippen LogP contribution in [0.2, 0.25) is 0 Å². The predicted octanol–water partition coefficient (Wildman–Crippen LogP) is 2.21. The number of nitrogens with two attached hydrogens (primary N) is 1. The molecule has 0 radical (unpaired) electrons. The van der Waals surface area contributed by atoms with Gasteiger partial charge in [-0.3, -0.25) is 0 Å². The fraction of sp³-hybridized carbons (Fsp3) is 0.556. The minimum atomic E-state index is 0.111. The van der Waals surface area contributed by atoms with Gasteiger partial charge in [-0.25, -0.2) is 0 Å². The van der Waals surface area contributed by atoms with Crippen molar-refractivity contribution < 1.29 is 0 Å². The second-order valence-electron chi connectivity index (χ2n) is 3.24. The van der Waals surface area contributed by atoms with Crippen molar-refractivity contribution in [2.24, 2.45) is 11.1 Å². The molecule has 0 aromatic carbocycles. The van der Waals surface area contributed by atoms with Crippen LogP contribution in [0, 0.1) is 5.41 Å². The molecule has 1 heteroatoms. The Morgan fingerprint density at radius 2 is 1.90 bits per heavy atom. The van der Waals surface area contributed by atoms with Gasteiger partial charge in [0.15, 0.2) is 0 Å². The minimum Gasteiger partial charge on any atom is -0.402 e. The number of allylic oxidation sites excluding steroid dienone is 1. The fourth-order valence-corrected chi connectivity index (χ4v) is 1.55. The average Bonchev–Trinajstić information content (AvgIpc) is 1.57. The third-order valence-electron chi connectivity index (χ3n) is 2.64. The molecule has 1 aliphatic rings.